The quantitative estimate of drug-likeness (QED) is 0.533. The van der Waals surface area contributed by atoms with Crippen LogP contribution in [0.25, 0.3) is 11.5 Å². The van der Waals surface area contributed by atoms with Crippen molar-refractivity contribution in [1.82, 2.24) is 9.29 Å². The van der Waals surface area contributed by atoms with Crippen molar-refractivity contribution in [3.8, 4) is 17.5 Å². The molecule has 0 unspecified atom stereocenters. The number of rotatable bonds is 5. The van der Waals surface area contributed by atoms with Crippen molar-refractivity contribution in [1.29, 1.82) is 5.26 Å². The molecule has 35 heavy (non-hydrogen) atoms. The Labute approximate surface area is 206 Å². The summed E-state index contributed by atoms with van der Waals surface area (Å²) in [5.74, 6) is 1.34. The van der Waals surface area contributed by atoms with Crippen LogP contribution in [0.5, 0.6) is 0 Å². The second-order valence-corrected chi connectivity index (χ2v) is 11.1. The summed E-state index contributed by atoms with van der Waals surface area (Å²) in [6, 6.07) is 19.0. The first kappa shape index (κ1) is 23.4. The molecule has 9 heteroatoms. The predicted molar refractivity (Wildman–Crippen MR) is 135 cm³/mol. The van der Waals surface area contributed by atoms with Gasteiger partial charge in [-0.1, -0.05) is 25.1 Å². The highest BCUT2D eigenvalue weighted by Gasteiger charge is 2.29. The molecule has 2 aliphatic heterocycles. The number of aromatic nitrogens is 1. The lowest BCUT2D eigenvalue weighted by molar-refractivity contribution is 0.288. The number of anilines is 2. The summed E-state index contributed by atoms with van der Waals surface area (Å²) in [4.78, 5) is 9.02. The van der Waals surface area contributed by atoms with Crippen LogP contribution in [0.2, 0.25) is 0 Å². The second kappa shape index (κ2) is 9.72. The fourth-order valence-corrected chi connectivity index (χ4v) is 6.14. The van der Waals surface area contributed by atoms with Crippen molar-refractivity contribution in [2.24, 2.45) is 5.92 Å². The minimum Gasteiger partial charge on any atom is -0.419 e. The van der Waals surface area contributed by atoms with Crippen LogP contribution in [-0.2, 0) is 10.0 Å². The summed E-state index contributed by atoms with van der Waals surface area (Å²) in [5, 5.41) is 9.66. The molecular formula is C26H29N5O3S. The van der Waals surface area contributed by atoms with E-state index in [0.29, 0.717) is 49.4 Å². The molecule has 0 spiro atoms. The Morgan fingerprint density at radius 2 is 1.54 bits per heavy atom. The molecule has 2 aliphatic rings. The number of piperidine rings is 1. The van der Waals surface area contributed by atoms with Gasteiger partial charge in [0.05, 0.1) is 4.90 Å². The maximum Gasteiger partial charge on any atom is 0.243 e. The van der Waals surface area contributed by atoms with E-state index in [4.69, 9.17) is 4.42 Å². The van der Waals surface area contributed by atoms with E-state index in [0.717, 1.165) is 25.9 Å². The molecule has 3 heterocycles. The molecule has 0 aliphatic carbocycles. The third-order valence-electron chi connectivity index (χ3n) is 6.89. The average Bonchev–Trinajstić information content (AvgIpc) is 3.34. The van der Waals surface area contributed by atoms with Crippen molar-refractivity contribution in [3.05, 3.63) is 60.3 Å². The minimum absolute atomic E-state index is 0.243. The normalized spacial score (nSPS) is 17.9. The molecule has 1 aromatic heterocycles. The van der Waals surface area contributed by atoms with E-state index in [-0.39, 0.29) is 10.6 Å². The zero-order chi connectivity index (χ0) is 24.4. The van der Waals surface area contributed by atoms with E-state index in [9.17, 15) is 13.7 Å². The van der Waals surface area contributed by atoms with E-state index in [1.807, 2.05) is 23.1 Å². The Morgan fingerprint density at radius 3 is 2.17 bits per heavy atom. The van der Waals surface area contributed by atoms with Gasteiger partial charge in [0.25, 0.3) is 0 Å². The highest BCUT2D eigenvalue weighted by atomic mass is 32.2. The molecule has 0 N–H and O–H groups in total. The third-order valence-corrected chi connectivity index (χ3v) is 8.80. The van der Waals surface area contributed by atoms with Gasteiger partial charge in [-0.15, -0.1) is 0 Å². The van der Waals surface area contributed by atoms with Gasteiger partial charge in [-0.05, 0) is 55.2 Å². The maximum atomic E-state index is 13.0. The highest BCUT2D eigenvalue weighted by Crippen LogP contribution is 2.31. The Balaban J connectivity index is 1.31. The zero-order valence-corrected chi connectivity index (χ0v) is 20.6. The van der Waals surface area contributed by atoms with Crippen molar-refractivity contribution < 1.29 is 12.8 Å². The molecule has 0 atom stereocenters. The minimum atomic E-state index is -3.52. The molecule has 0 radical (unpaired) electrons. The number of benzene rings is 2. The number of hydrogen-bond acceptors (Lipinski definition) is 7. The van der Waals surface area contributed by atoms with Gasteiger partial charge in [0.15, 0.2) is 0 Å². The summed E-state index contributed by atoms with van der Waals surface area (Å²) in [5.41, 5.74) is 2.06. The van der Waals surface area contributed by atoms with Crippen LogP contribution in [0, 0.1) is 17.2 Å². The van der Waals surface area contributed by atoms with E-state index >= 15 is 0 Å². The van der Waals surface area contributed by atoms with E-state index in [2.05, 4.69) is 35.0 Å². The number of sulfonamides is 1. The van der Waals surface area contributed by atoms with E-state index < -0.39 is 10.0 Å². The summed E-state index contributed by atoms with van der Waals surface area (Å²) in [7, 11) is -3.52. The van der Waals surface area contributed by atoms with Crippen molar-refractivity contribution in [2.75, 3.05) is 49.1 Å². The van der Waals surface area contributed by atoms with E-state index in [1.165, 1.54) is 5.69 Å². The number of oxazole rings is 1. The van der Waals surface area contributed by atoms with Gasteiger partial charge in [-0.25, -0.2) is 8.42 Å². The fraction of sp³-hybridized carbons (Fsp3) is 0.385. The average molecular weight is 492 g/mol. The number of hydrogen-bond donors (Lipinski definition) is 0. The Kier molecular flexibility index (Phi) is 6.50. The third kappa shape index (κ3) is 4.77. The summed E-state index contributed by atoms with van der Waals surface area (Å²) < 4.78 is 33.6. The fourth-order valence-electron chi connectivity index (χ4n) is 4.67. The van der Waals surface area contributed by atoms with Crippen LogP contribution in [0.3, 0.4) is 0 Å². The van der Waals surface area contributed by atoms with Crippen LogP contribution in [-0.4, -0.2) is 57.0 Å². The number of para-hydroxylation sites is 1. The molecular weight excluding hydrogens is 462 g/mol. The van der Waals surface area contributed by atoms with Crippen LogP contribution < -0.4 is 9.80 Å². The van der Waals surface area contributed by atoms with Gasteiger partial charge >= 0.3 is 0 Å². The van der Waals surface area contributed by atoms with Gasteiger partial charge in [-0.2, -0.15) is 14.6 Å². The van der Waals surface area contributed by atoms with Crippen LogP contribution in [0.1, 0.15) is 25.5 Å². The van der Waals surface area contributed by atoms with Crippen molar-refractivity contribution in [3.63, 3.8) is 0 Å². The molecule has 182 valence electrons. The first-order chi connectivity index (χ1) is 17.0. The van der Waals surface area contributed by atoms with Crippen LogP contribution >= 0.6 is 0 Å². The molecule has 0 saturated carbocycles. The van der Waals surface area contributed by atoms with Crippen LogP contribution in [0.4, 0.5) is 11.6 Å². The smallest absolute Gasteiger partial charge is 0.243 e. The standard InChI is InChI=1S/C26H29N5O3S/c1-20-11-13-31(14-12-20)35(32,33)23-9-7-21(8-10-23)25-28-24(19-27)26(34-25)30-17-15-29(16-18-30)22-5-3-2-4-6-22/h2-10,20H,11-18H2,1H3. The Morgan fingerprint density at radius 1 is 0.914 bits per heavy atom. The molecule has 8 nitrogen and oxygen atoms in total. The molecule has 3 aromatic rings. The maximum absolute atomic E-state index is 13.0. The largest absolute Gasteiger partial charge is 0.419 e. The van der Waals surface area contributed by atoms with Gasteiger partial charge in [0, 0.05) is 50.5 Å². The predicted octanol–water partition coefficient (Wildman–Crippen LogP) is 3.96. The topological polar surface area (TPSA) is 93.7 Å². The molecule has 0 amide bonds. The zero-order valence-electron chi connectivity index (χ0n) is 19.8. The Hall–Kier alpha value is -3.35. The molecule has 2 aromatic carbocycles. The molecule has 2 fully saturated rings. The SMILES string of the molecule is CC1CCN(S(=O)(=O)c2ccc(-c3nc(C#N)c(N4CCN(c5ccccc5)CC4)o3)cc2)CC1. The lowest BCUT2D eigenvalue weighted by Crippen LogP contribution is -2.46. The van der Waals surface area contributed by atoms with Crippen molar-refractivity contribution in [2.45, 2.75) is 24.7 Å². The van der Waals surface area contributed by atoms with Gasteiger partial charge in [-0.3, -0.25) is 0 Å². The highest BCUT2D eigenvalue weighted by molar-refractivity contribution is 7.89. The monoisotopic (exact) mass is 491 g/mol. The van der Waals surface area contributed by atoms with E-state index in [1.54, 1.807) is 28.6 Å². The first-order valence-corrected chi connectivity index (χ1v) is 13.5. The Bertz CT molecular complexity index is 1300. The van der Waals surface area contributed by atoms with Gasteiger partial charge < -0.3 is 14.2 Å². The van der Waals surface area contributed by atoms with Gasteiger partial charge in [0.2, 0.25) is 27.5 Å². The lowest BCUT2D eigenvalue weighted by Gasteiger charge is -2.35. The van der Waals surface area contributed by atoms with Crippen molar-refractivity contribution >= 4 is 21.6 Å². The summed E-state index contributed by atoms with van der Waals surface area (Å²) in [6.07, 6.45) is 1.76. The first-order valence-electron chi connectivity index (χ1n) is 12.0. The van der Waals surface area contributed by atoms with Gasteiger partial charge in [0.1, 0.15) is 6.07 Å². The number of nitrogens with zero attached hydrogens (tertiary/aromatic N) is 5. The molecule has 5 rings (SSSR count). The van der Waals surface area contributed by atoms with Crippen LogP contribution in [0.15, 0.2) is 63.9 Å². The second-order valence-electron chi connectivity index (χ2n) is 9.21. The molecule has 2 saturated heterocycles. The summed E-state index contributed by atoms with van der Waals surface area (Å²) in [6.45, 7) is 6.31. The summed E-state index contributed by atoms with van der Waals surface area (Å²) >= 11 is 0. The molecule has 0 bridgehead atoms. The number of nitriles is 1. The lowest BCUT2D eigenvalue weighted by atomic mass is 10.0. The number of piperazine rings is 1.